The van der Waals surface area contributed by atoms with Gasteiger partial charge in [0.2, 0.25) is 5.88 Å². The number of ether oxygens (including phenoxy) is 3. The average Bonchev–Trinajstić information content (AvgIpc) is 2.38. The van der Waals surface area contributed by atoms with Crippen LogP contribution in [0.25, 0.3) is 0 Å². The van der Waals surface area contributed by atoms with Crippen LogP contribution in [0.3, 0.4) is 0 Å². The van der Waals surface area contributed by atoms with Gasteiger partial charge in [-0.3, -0.25) is 0 Å². The Balaban J connectivity index is 2.19. The van der Waals surface area contributed by atoms with E-state index in [9.17, 15) is 4.79 Å². The Morgan fingerprint density at radius 3 is 2.89 bits per heavy atom. The van der Waals surface area contributed by atoms with E-state index in [-0.39, 0.29) is 11.4 Å². The van der Waals surface area contributed by atoms with Gasteiger partial charge in [-0.1, -0.05) is 0 Å². The molecule has 0 spiro atoms. The van der Waals surface area contributed by atoms with Gasteiger partial charge in [0.05, 0.1) is 12.2 Å². The lowest BCUT2D eigenvalue weighted by atomic mass is 10.3. The second kappa shape index (κ2) is 8.43. The largest absolute Gasteiger partial charge is 0.478 e. The van der Waals surface area contributed by atoms with Crippen LogP contribution < -0.4 is 4.74 Å². The fraction of sp³-hybridized carbons (Fsp3) is 0.500. The monoisotopic (exact) mass is 255 g/mol. The highest BCUT2D eigenvalue weighted by molar-refractivity contribution is 5.87. The van der Waals surface area contributed by atoms with Crippen molar-refractivity contribution >= 4 is 5.97 Å². The van der Waals surface area contributed by atoms with Crippen molar-refractivity contribution in [3.63, 3.8) is 0 Å². The number of methoxy groups -OCH3 is 1. The first kappa shape index (κ1) is 14.4. The highest BCUT2D eigenvalue weighted by Gasteiger charge is 2.04. The van der Waals surface area contributed by atoms with Crippen molar-refractivity contribution in [1.29, 1.82) is 0 Å². The fourth-order valence-electron chi connectivity index (χ4n) is 1.23. The second-order valence-corrected chi connectivity index (χ2v) is 3.50. The van der Waals surface area contributed by atoms with E-state index in [1.165, 1.54) is 18.3 Å². The molecular weight excluding hydrogens is 238 g/mol. The summed E-state index contributed by atoms with van der Waals surface area (Å²) in [6.07, 6.45) is 2.24. The third kappa shape index (κ3) is 5.60. The van der Waals surface area contributed by atoms with Gasteiger partial charge in [-0.25, -0.2) is 9.78 Å². The van der Waals surface area contributed by atoms with E-state index < -0.39 is 5.97 Å². The minimum absolute atomic E-state index is 0.154. The molecule has 100 valence electrons. The fourth-order valence-corrected chi connectivity index (χ4v) is 1.23. The Hall–Kier alpha value is -1.66. The van der Waals surface area contributed by atoms with Gasteiger partial charge in [-0.15, -0.1) is 0 Å². The Morgan fingerprint density at radius 2 is 2.17 bits per heavy atom. The van der Waals surface area contributed by atoms with Crippen LogP contribution in [-0.4, -0.2) is 49.6 Å². The number of rotatable bonds is 9. The highest BCUT2D eigenvalue weighted by Crippen LogP contribution is 2.08. The van der Waals surface area contributed by atoms with E-state index in [2.05, 4.69) is 4.98 Å². The van der Waals surface area contributed by atoms with E-state index in [0.717, 1.165) is 6.42 Å². The molecule has 0 fully saturated rings. The Bertz CT molecular complexity index is 369. The van der Waals surface area contributed by atoms with Crippen LogP contribution in [0.4, 0.5) is 0 Å². The molecule has 6 nitrogen and oxygen atoms in total. The van der Waals surface area contributed by atoms with Crippen LogP contribution in [0.2, 0.25) is 0 Å². The summed E-state index contributed by atoms with van der Waals surface area (Å²) in [6, 6.07) is 2.80. The zero-order valence-electron chi connectivity index (χ0n) is 10.3. The van der Waals surface area contributed by atoms with E-state index >= 15 is 0 Å². The molecular formula is C12H17NO5. The first-order chi connectivity index (χ1) is 8.74. The van der Waals surface area contributed by atoms with Crippen LogP contribution in [0.5, 0.6) is 5.88 Å². The molecule has 0 bridgehead atoms. The molecule has 18 heavy (non-hydrogen) atoms. The van der Waals surface area contributed by atoms with Gasteiger partial charge in [0, 0.05) is 32.6 Å². The molecule has 0 radical (unpaired) electrons. The number of nitrogens with zero attached hydrogens (tertiary/aromatic N) is 1. The molecule has 1 aromatic heterocycles. The lowest BCUT2D eigenvalue weighted by Gasteiger charge is -2.06. The maximum Gasteiger partial charge on any atom is 0.335 e. The van der Waals surface area contributed by atoms with Crippen molar-refractivity contribution in [1.82, 2.24) is 4.98 Å². The number of carbonyl (C=O) groups is 1. The normalized spacial score (nSPS) is 10.3. The van der Waals surface area contributed by atoms with Crippen LogP contribution in [0, 0.1) is 0 Å². The summed E-state index contributed by atoms with van der Waals surface area (Å²) in [5.74, 6) is -0.714. The van der Waals surface area contributed by atoms with Crippen molar-refractivity contribution in [2.75, 3.05) is 33.5 Å². The number of hydrogen-bond donors (Lipinski definition) is 1. The van der Waals surface area contributed by atoms with Crippen molar-refractivity contribution in [3.05, 3.63) is 23.9 Å². The molecule has 0 unspecified atom stereocenters. The van der Waals surface area contributed by atoms with E-state index in [1.54, 1.807) is 7.11 Å². The van der Waals surface area contributed by atoms with E-state index in [4.69, 9.17) is 19.3 Å². The molecule has 0 atom stereocenters. The first-order valence-corrected chi connectivity index (χ1v) is 5.63. The molecule has 0 amide bonds. The molecule has 0 aromatic carbocycles. The predicted molar refractivity (Wildman–Crippen MR) is 64.0 cm³/mol. The molecule has 1 rings (SSSR count). The predicted octanol–water partition coefficient (Wildman–Crippen LogP) is 1.21. The smallest absolute Gasteiger partial charge is 0.335 e. The number of aromatic nitrogens is 1. The summed E-state index contributed by atoms with van der Waals surface area (Å²) in [6.45, 7) is 2.05. The summed E-state index contributed by atoms with van der Waals surface area (Å²) >= 11 is 0. The first-order valence-electron chi connectivity index (χ1n) is 5.63. The minimum Gasteiger partial charge on any atom is -0.478 e. The Kier molecular flexibility index (Phi) is 6.75. The summed E-state index contributed by atoms with van der Waals surface area (Å²) in [5, 5.41) is 8.78. The second-order valence-electron chi connectivity index (χ2n) is 3.50. The van der Waals surface area contributed by atoms with Gasteiger partial charge in [-0.2, -0.15) is 0 Å². The van der Waals surface area contributed by atoms with Gasteiger partial charge >= 0.3 is 5.97 Å². The molecule has 0 saturated heterocycles. The average molecular weight is 255 g/mol. The standard InChI is InChI=1S/C12H17NO5/c1-16-5-2-6-17-7-8-18-11-9-10(12(14)15)3-4-13-11/h3-4,9H,2,5-8H2,1H3,(H,14,15). The zero-order chi connectivity index (χ0) is 13.2. The maximum absolute atomic E-state index is 10.7. The van der Waals surface area contributed by atoms with Crippen LogP contribution in [-0.2, 0) is 9.47 Å². The van der Waals surface area contributed by atoms with Gasteiger partial charge in [0.15, 0.2) is 0 Å². The van der Waals surface area contributed by atoms with E-state index in [1.807, 2.05) is 0 Å². The number of carboxylic acids is 1. The topological polar surface area (TPSA) is 77.9 Å². The summed E-state index contributed by atoms with van der Waals surface area (Å²) in [4.78, 5) is 14.6. The molecule has 1 aromatic rings. The lowest BCUT2D eigenvalue weighted by Crippen LogP contribution is -2.09. The van der Waals surface area contributed by atoms with Crippen molar-refractivity contribution in [3.8, 4) is 5.88 Å². The van der Waals surface area contributed by atoms with Crippen LogP contribution in [0.15, 0.2) is 18.3 Å². The zero-order valence-corrected chi connectivity index (χ0v) is 10.3. The number of hydrogen-bond acceptors (Lipinski definition) is 5. The molecule has 0 saturated carbocycles. The minimum atomic E-state index is -1.00. The quantitative estimate of drug-likeness (QED) is 0.668. The summed E-state index contributed by atoms with van der Waals surface area (Å²) < 4.78 is 15.4. The number of pyridine rings is 1. The van der Waals surface area contributed by atoms with Crippen LogP contribution >= 0.6 is 0 Å². The molecule has 0 aliphatic rings. The Morgan fingerprint density at radius 1 is 1.33 bits per heavy atom. The third-order valence-corrected chi connectivity index (χ3v) is 2.10. The molecule has 1 N–H and O–H groups in total. The van der Waals surface area contributed by atoms with Gasteiger partial charge in [-0.05, 0) is 12.5 Å². The Labute approximate surface area is 106 Å². The molecule has 0 aliphatic heterocycles. The number of aromatic carboxylic acids is 1. The lowest BCUT2D eigenvalue weighted by molar-refractivity contribution is 0.0695. The molecule has 6 heteroatoms. The van der Waals surface area contributed by atoms with Gasteiger partial charge in [0.25, 0.3) is 0 Å². The van der Waals surface area contributed by atoms with E-state index in [0.29, 0.717) is 26.4 Å². The van der Waals surface area contributed by atoms with Gasteiger partial charge in [0.1, 0.15) is 6.61 Å². The van der Waals surface area contributed by atoms with Crippen molar-refractivity contribution in [2.24, 2.45) is 0 Å². The third-order valence-electron chi connectivity index (χ3n) is 2.10. The number of carboxylic acid groups (broad SMARTS) is 1. The summed E-state index contributed by atoms with van der Waals surface area (Å²) in [5.41, 5.74) is 0.154. The van der Waals surface area contributed by atoms with Crippen molar-refractivity contribution in [2.45, 2.75) is 6.42 Å². The molecule has 1 heterocycles. The highest BCUT2D eigenvalue weighted by atomic mass is 16.5. The SMILES string of the molecule is COCCCOCCOc1cc(C(=O)O)ccn1. The maximum atomic E-state index is 10.7. The van der Waals surface area contributed by atoms with Crippen molar-refractivity contribution < 1.29 is 24.1 Å². The van der Waals surface area contributed by atoms with Crippen LogP contribution in [0.1, 0.15) is 16.8 Å². The van der Waals surface area contributed by atoms with Gasteiger partial charge < -0.3 is 19.3 Å². The summed E-state index contributed by atoms with van der Waals surface area (Å²) in [7, 11) is 1.64. The molecule has 0 aliphatic carbocycles.